The molecule has 1 fully saturated rings. The van der Waals surface area contributed by atoms with Crippen molar-refractivity contribution in [2.75, 3.05) is 36.4 Å². The molecule has 0 bridgehead atoms. The average molecular weight is 447 g/mol. The number of non-ortho nitro benzene ring substituents is 1. The molecule has 2 aliphatic rings. The van der Waals surface area contributed by atoms with Gasteiger partial charge in [0.1, 0.15) is 0 Å². The zero-order valence-electron chi connectivity index (χ0n) is 15.9. The van der Waals surface area contributed by atoms with Crippen LogP contribution < -0.4 is 10.2 Å². The number of benzene rings is 2. The van der Waals surface area contributed by atoms with Crippen LogP contribution in [0.2, 0.25) is 5.02 Å². The molecule has 0 unspecified atom stereocenters. The van der Waals surface area contributed by atoms with E-state index in [1.54, 1.807) is 29.2 Å². The summed E-state index contributed by atoms with van der Waals surface area (Å²) in [7, 11) is 0. The van der Waals surface area contributed by atoms with Gasteiger partial charge in [-0.3, -0.25) is 19.7 Å². The lowest BCUT2D eigenvalue weighted by Gasteiger charge is -2.36. The van der Waals surface area contributed by atoms with Crippen LogP contribution in [0.25, 0.3) is 0 Å². The summed E-state index contributed by atoms with van der Waals surface area (Å²) in [5, 5.41) is 13.7. The highest BCUT2D eigenvalue weighted by Gasteiger charge is 2.31. The fraction of sp³-hybridized carbons (Fsp3) is 0.300. The lowest BCUT2D eigenvalue weighted by molar-refractivity contribution is -0.384. The molecule has 0 aliphatic carbocycles. The van der Waals surface area contributed by atoms with Crippen molar-refractivity contribution in [3.8, 4) is 0 Å². The van der Waals surface area contributed by atoms with Gasteiger partial charge in [-0.25, -0.2) is 0 Å². The fourth-order valence-electron chi connectivity index (χ4n) is 3.54. The Morgan fingerprint density at radius 1 is 1.17 bits per heavy atom. The van der Waals surface area contributed by atoms with Crippen molar-refractivity contribution in [2.45, 2.75) is 16.6 Å². The predicted molar refractivity (Wildman–Crippen MR) is 116 cm³/mol. The summed E-state index contributed by atoms with van der Waals surface area (Å²) in [4.78, 5) is 40.3. The maximum absolute atomic E-state index is 12.8. The number of nitrogens with zero attached hydrogens (tertiary/aromatic N) is 3. The third-order valence-corrected chi connectivity index (χ3v) is 6.69. The highest BCUT2D eigenvalue weighted by molar-refractivity contribution is 8.01. The third-order valence-electron chi connectivity index (χ3n) is 5.18. The number of nitro groups is 1. The van der Waals surface area contributed by atoms with E-state index in [2.05, 4.69) is 10.2 Å². The van der Waals surface area contributed by atoms with Gasteiger partial charge < -0.3 is 15.1 Å². The molecule has 0 spiro atoms. The molecule has 1 saturated heterocycles. The minimum Gasteiger partial charge on any atom is -0.368 e. The first kappa shape index (κ1) is 20.5. The maximum atomic E-state index is 12.8. The van der Waals surface area contributed by atoms with Gasteiger partial charge in [-0.05, 0) is 30.3 Å². The number of carbonyl (C=O) groups is 2. The van der Waals surface area contributed by atoms with Gasteiger partial charge >= 0.3 is 0 Å². The second-order valence-electron chi connectivity index (χ2n) is 7.08. The Hall–Kier alpha value is -2.78. The van der Waals surface area contributed by atoms with Crippen LogP contribution in [-0.2, 0) is 9.59 Å². The number of anilines is 2. The summed E-state index contributed by atoms with van der Waals surface area (Å²) >= 11 is 7.35. The minimum atomic E-state index is -0.473. The average Bonchev–Trinajstić information content (AvgIpc) is 2.74. The number of carbonyl (C=O) groups excluding carboxylic acids is 2. The molecule has 1 atom stereocenters. The van der Waals surface area contributed by atoms with Crippen molar-refractivity contribution in [3.63, 3.8) is 0 Å². The number of nitrogens with one attached hydrogen (secondary N) is 1. The summed E-state index contributed by atoms with van der Waals surface area (Å²) in [6.45, 7) is 2.35. The summed E-state index contributed by atoms with van der Waals surface area (Å²) in [5.74, 6) is -0.240. The number of amides is 2. The second-order valence-corrected chi connectivity index (χ2v) is 8.76. The summed E-state index contributed by atoms with van der Waals surface area (Å²) < 4.78 is 0. The smallest absolute Gasteiger partial charge is 0.269 e. The third kappa shape index (κ3) is 4.36. The molecule has 0 aromatic heterocycles. The van der Waals surface area contributed by atoms with Crippen LogP contribution in [0.1, 0.15) is 6.42 Å². The number of rotatable bonds is 4. The summed E-state index contributed by atoms with van der Waals surface area (Å²) in [6, 6.07) is 11.7. The Balaban J connectivity index is 1.33. The van der Waals surface area contributed by atoms with E-state index in [1.807, 2.05) is 6.07 Å². The van der Waals surface area contributed by atoms with E-state index >= 15 is 0 Å². The maximum Gasteiger partial charge on any atom is 0.269 e. The van der Waals surface area contributed by atoms with Crippen LogP contribution in [0.4, 0.5) is 17.1 Å². The molecule has 1 N–H and O–H groups in total. The van der Waals surface area contributed by atoms with Gasteiger partial charge in [0.05, 0.1) is 15.9 Å². The summed E-state index contributed by atoms with van der Waals surface area (Å²) in [5.41, 5.74) is 1.63. The van der Waals surface area contributed by atoms with E-state index in [4.69, 9.17) is 11.6 Å². The monoisotopic (exact) mass is 446 g/mol. The number of halogens is 1. The number of thioether (sulfide) groups is 1. The van der Waals surface area contributed by atoms with Crippen LogP contribution >= 0.6 is 23.4 Å². The molecular formula is C20H19ClN4O4S. The van der Waals surface area contributed by atoms with Crippen LogP contribution in [-0.4, -0.2) is 53.1 Å². The Labute approximate surface area is 182 Å². The zero-order valence-corrected chi connectivity index (χ0v) is 17.5. The first-order valence-corrected chi connectivity index (χ1v) is 10.7. The molecule has 10 heteroatoms. The number of hydrogen-bond acceptors (Lipinski definition) is 6. The highest BCUT2D eigenvalue weighted by atomic mass is 35.5. The van der Waals surface area contributed by atoms with Gasteiger partial charge in [-0.1, -0.05) is 11.6 Å². The largest absolute Gasteiger partial charge is 0.368 e. The standard InChI is InChI=1S/C20H19ClN4O4S/c21-13-1-6-17-16(11-13)22-20(27)18(30-17)12-19(26)24-9-7-23(8-10-24)14-2-4-15(5-3-14)25(28)29/h1-6,11,18H,7-10,12H2,(H,22,27)/t18-/m1/s1. The van der Waals surface area contributed by atoms with Gasteiger partial charge in [0.15, 0.2) is 0 Å². The lowest BCUT2D eigenvalue weighted by atomic mass is 10.2. The quantitative estimate of drug-likeness (QED) is 0.571. The van der Waals surface area contributed by atoms with Crippen molar-refractivity contribution in [2.24, 2.45) is 0 Å². The Kier molecular flexibility index (Phi) is 5.83. The van der Waals surface area contributed by atoms with E-state index in [9.17, 15) is 19.7 Å². The van der Waals surface area contributed by atoms with Crippen molar-refractivity contribution in [1.29, 1.82) is 0 Å². The molecule has 8 nitrogen and oxygen atoms in total. The topological polar surface area (TPSA) is 95.8 Å². The lowest BCUT2D eigenvalue weighted by Crippen LogP contribution is -2.49. The molecule has 30 heavy (non-hydrogen) atoms. The van der Waals surface area contributed by atoms with Crippen molar-refractivity contribution in [1.82, 2.24) is 4.90 Å². The SMILES string of the molecule is O=C1Nc2cc(Cl)ccc2S[C@@H]1CC(=O)N1CCN(c2ccc([N+](=O)[O-])cc2)CC1. The van der Waals surface area contributed by atoms with Crippen molar-refractivity contribution >= 4 is 52.2 Å². The molecule has 4 rings (SSSR count). The Morgan fingerprint density at radius 2 is 1.87 bits per heavy atom. The Bertz CT molecular complexity index is 993. The number of hydrogen-bond donors (Lipinski definition) is 1. The molecule has 156 valence electrons. The van der Waals surface area contributed by atoms with Gasteiger partial charge in [-0.2, -0.15) is 0 Å². The van der Waals surface area contributed by atoms with Crippen LogP contribution in [0.5, 0.6) is 0 Å². The first-order chi connectivity index (χ1) is 14.4. The number of fused-ring (bicyclic) bond motifs is 1. The van der Waals surface area contributed by atoms with Crippen molar-refractivity contribution < 1.29 is 14.5 Å². The molecule has 0 radical (unpaired) electrons. The zero-order chi connectivity index (χ0) is 21.3. The summed E-state index contributed by atoms with van der Waals surface area (Å²) in [6.07, 6.45) is 0.135. The second kappa shape index (κ2) is 8.53. The molecule has 2 aromatic carbocycles. The van der Waals surface area contributed by atoms with E-state index in [0.717, 1.165) is 10.6 Å². The fourth-order valence-corrected chi connectivity index (χ4v) is 4.80. The number of nitro benzene ring substituents is 1. The van der Waals surface area contributed by atoms with Crippen LogP contribution in [0, 0.1) is 10.1 Å². The van der Waals surface area contributed by atoms with E-state index < -0.39 is 10.2 Å². The normalized spacial score (nSPS) is 18.6. The van der Waals surface area contributed by atoms with Gasteiger partial charge in [0, 0.05) is 60.3 Å². The van der Waals surface area contributed by atoms with E-state index in [1.165, 1.54) is 23.9 Å². The van der Waals surface area contributed by atoms with Crippen molar-refractivity contribution in [3.05, 3.63) is 57.6 Å². The molecule has 2 amide bonds. The van der Waals surface area contributed by atoms with E-state index in [-0.39, 0.29) is 23.9 Å². The highest BCUT2D eigenvalue weighted by Crippen LogP contribution is 2.38. The molecular weight excluding hydrogens is 428 g/mol. The predicted octanol–water partition coefficient (Wildman–Crippen LogP) is 3.40. The first-order valence-electron chi connectivity index (χ1n) is 9.45. The number of piperazine rings is 1. The molecule has 0 saturated carbocycles. The minimum absolute atomic E-state index is 0.0524. The Morgan fingerprint density at radius 3 is 2.53 bits per heavy atom. The van der Waals surface area contributed by atoms with Crippen LogP contribution in [0.15, 0.2) is 47.4 Å². The van der Waals surface area contributed by atoms with Gasteiger partial charge in [-0.15, -0.1) is 11.8 Å². The van der Waals surface area contributed by atoms with E-state index in [0.29, 0.717) is 36.9 Å². The van der Waals surface area contributed by atoms with Gasteiger partial charge in [0.2, 0.25) is 11.8 Å². The molecule has 2 aromatic rings. The van der Waals surface area contributed by atoms with Crippen LogP contribution in [0.3, 0.4) is 0 Å². The molecule has 2 heterocycles. The molecule has 2 aliphatic heterocycles. The van der Waals surface area contributed by atoms with Gasteiger partial charge in [0.25, 0.3) is 5.69 Å².